The zero-order valence-electron chi connectivity index (χ0n) is 18.3. The third kappa shape index (κ3) is 6.27. The van der Waals surface area contributed by atoms with Crippen molar-refractivity contribution in [3.8, 4) is 0 Å². The molecule has 0 saturated carbocycles. The molecule has 5 heteroatoms. The van der Waals surface area contributed by atoms with Gasteiger partial charge in [-0.3, -0.25) is 14.5 Å². The van der Waals surface area contributed by atoms with Gasteiger partial charge in [0.25, 0.3) is 0 Å². The molecule has 0 bridgehead atoms. The summed E-state index contributed by atoms with van der Waals surface area (Å²) < 4.78 is 0. The number of aryl methyl sites for hydroxylation is 1. The minimum absolute atomic E-state index is 0.00188. The van der Waals surface area contributed by atoms with Crippen molar-refractivity contribution < 1.29 is 9.59 Å². The zero-order chi connectivity index (χ0) is 22.2. The molecule has 0 radical (unpaired) electrons. The summed E-state index contributed by atoms with van der Waals surface area (Å²) in [6.07, 6.45) is 0. The standard InChI is InChI=1S/C26H29N3O2/c1-20-14-16-23(17-15-20)27-24(30)18-28(2)25(31)19-29(3)26(21-10-6-4-7-11-21)22-12-8-5-9-13-22/h4-17,26H,18-19H2,1-3H3,(H,27,30). The monoisotopic (exact) mass is 415 g/mol. The zero-order valence-corrected chi connectivity index (χ0v) is 18.3. The predicted molar refractivity (Wildman–Crippen MR) is 125 cm³/mol. The highest BCUT2D eigenvalue weighted by molar-refractivity contribution is 5.94. The van der Waals surface area contributed by atoms with Gasteiger partial charge in [0.05, 0.1) is 19.1 Å². The lowest BCUT2D eigenvalue weighted by atomic mass is 9.97. The van der Waals surface area contributed by atoms with Gasteiger partial charge in [0.15, 0.2) is 0 Å². The first-order valence-corrected chi connectivity index (χ1v) is 10.3. The highest BCUT2D eigenvalue weighted by Gasteiger charge is 2.23. The molecule has 31 heavy (non-hydrogen) atoms. The van der Waals surface area contributed by atoms with Crippen molar-refractivity contribution >= 4 is 17.5 Å². The minimum Gasteiger partial charge on any atom is -0.335 e. The topological polar surface area (TPSA) is 52.7 Å². The lowest BCUT2D eigenvalue weighted by molar-refractivity contribution is -0.134. The fraction of sp³-hybridized carbons (Fsp3) is 0.231. The summed E-state index contributed by atoms with van der Waals surface area (Å²) in [4.78, 5) is 28.7. The summed E-state index contributed by atoms with van der Waals surface area (Å²) in [5.74, 6) is -0.330. The average Bonchev–Trinajstić information content (AvgIpc) is 2.77. The Bertz CT molecular complexity index is 949. The van der Waals surface area contributed by atoms with Crippen LogP contribution in [0.1, 0.15) is 22.7 Å². The molecular formula is C26H29N3O2. The highest BCUT2D eigenvalue weighted by atomic mass is 16.2. The van der Waals surface area contributed by atoms with Gasteiger partial charge in [-0.2, -0.15) is 0 Å². The van der Waals surface area contributed by atoms with Crippen molar-refractivity contribution in [2.75, 3.05) is 32.5 Å². The summed E-state index contributed by atoms with van der Waals surface area (Å²) >= 11 is 0. The van der Waals surface area contributed by atoms with Crippen LogP contribution < -0.4 is 5.32 Å². The number of rotatable bonds is 8. The molecule has 0 saturated heterocycles. The van der Waals surface area contributed by atoms with E-state index in [0.717, 1.165) is 22.4 Å². The molecule has 3 rings (SSSR count). The Balaban J connectivity index is 1.64. The maximum atomic E-state index is 12.9. The van der Waals surface area contributed by atoms with Gasteiger partial charge < -0.3 is 10.2 Å². The summed E-state index contributed by atoms with van der Waals surface area (Å²) in [5, 5.41) is 2.84. The first-order valence-electron chi connectivity index (χ1n) is 10.3. The molecule has 5 nitrogen and oxygen atoms in total. The van der Waals surface area contributed by atoms with Crippen molar-refractivity contribution in [1.82, 2.24) is 9.80 Å². The normalized spacial score (nSPS) is 10.9. The quantitative estimate of drug-likeness (QED) is 0.602. The molecule has 0 atom stereocenters. The number of nitrogens with one attached hydrogen (secondary N) is 1. The fourth-order valence-corrected chi connectivity index (χ4v) is 3.54. The summed E-state index contributed by atoms with van der Waals surface area (Å²) in [6.45, 7) is 2.19. The molecule has 3 aromatic rings. The second-order valence-corrected chi connectivity index (χ2v) is 7.80. The molecule has 0 aliphatic heterocycles. The molecule has 0 aliphatic carbocycles. The molecule has 160 valence electrons. The minimum atomic E-state index is -0.218. The average molecular weight is 416 g/mol. The number of amides is 2. The van der Waals surface area contributed by atoms with Crippen LogP contribution in [0.4, 0.5) is 5.69 Å². The predicted octanol–water partition coefficient (Wildman–Crippen LogP) is 4.11. The van der Waals surface area contributed by atoms with Crippen LogP contribution in [0.15, 0.2) is 84.9 Å². The van der Waals surface area contributed by atoms with Gasteiger partial charge in [0.1, 0.15) is 0 Å². The Labute approximate surface area is 184 Å². The largest absolute Gasteiger partial charge is 0.335 e. The summed E-state index contributed by atoms with van der Waals surface area (Å²) in [6, 6.07) is 27.8. The van der Waals surface area contributed by atoms with Crippen LogP contribution in [0.25, 0.3) is 0 Å². The van der Waals surface area contributed by atoms with Crippen LogP contribution >= 0.6 is 0 Å². The third-order valence-corrected chi connectivity index (χ3v) is 5.20. The van der Waals surface area contributed by atoms with Crippen molar-refractivity contribution in [2.45, 2.75) is 13.0 Å². The first-order chi connectivity index (χ1) is 14.9. The summed E-state index contributed by atoms with van der Waals surface area (Å²) in [5.41, 5.74) is 4.08. The number of carbonyl (C=O) groups excluding carboxylic acids is 2. The van der Waals surface area contributed by atoms with E-state index < -0.39 is 0 Å². The number of benzene rings is 3. The van der Waals surface area contributed by atoms with Gasteiger partial charge >= 0.3 is 0 Å². The van der Waals surface area contributed by atoms with Gasteiger partial charge in [-0.25, -0.2) is 0 Å². The Morgan fingerprint density at radius 3 is 1.81 bits per heavy atom. The van der Waals surface area contributed by atoms with E-state index in [9.17, 15) is 9.59 Å². The molecule has 2 amide bonds. The highest BCUT2D eigenvalue weighted by Crippen LogP contribution is 2.27. The molecule has 0 unspecified atom stereocenters. The Hall–Kier alpha value is -3.44. The molecule has 0 heterocycles. The van der Waals surface area contributed by atoms with E-state index in [1.54, 1.807) is 7.05 Å². The molecular weight excluding hydrogens is 386 g/mol. The number of anilines is 1. The number of nitrogens with zero attached hydrogens (tertiary/aromatic N) is 2. The Kier molecular flexibility index (Phi) is 7.57. The molecule has 3 aromatic carbocycles. The lowest BCUT2D eigenvalue weighted by Crippen LogP contribution is -2.41. The smallest absolute Gasteiger partial charge is 0.243 e. The van der Waals surface area contributed by atoms with Gasteiger partial charge in [0, 0.05) is 12.7 Å². The van der Waals surface area contributed by atoms with Crippen LogP contribution in [-0.2, 0) is 9.59 Å². The van der Waals surface area contributed by atoms with E-state index in [1.807, 2.05) is 79.5 Å². The van der Waals surface area contributed by atoms with E-state index in [0.29, 0.717) is 0 Å². The molecule has 0 aromatic heterocycles. The van der Waals surface area contributed by atoms with Gasteiger partial charge in [0.2, 0.25) is 11.8 Å². The van der Waals surface area contributed by atoms with Crippen molar-refractivity contribution in [3.63, 3.8) is 0 Å². The van der Waals surface area contributed by atoms with Crippen LogP contribution in [0, 0.1) is 6.92 Å². The van der Waals surface area contributed by atoms with Crippen LogP contribution in [0.2, 0.25) is 0 Å². The van der Waals surface area contributed by atoms with Crippen LogP contribution in [0.3, 0.4) is 0 Å². The number of likely N-dealkylation sites (N-methyl/N-ethyl adjacent to an activating group) is 2. The van der Waals surface area contributed by atoms with E-state index in [-0.39, 0.29) is 30.9 Å². The SMILES string of the molecule is Cc1ccc(NC(=O)CN(C)C(=O)CN(C)C(c2ccccc2)c2ccccc2)cc1. The first kappa shape index (κ1) is 22.2. The number of hydrogen-bond acceptors (Lipinski definition) is 3. The van der Waals surface area contributed by atoms with Crippen LogP contribution in [0.5, 0.6) is 0 Å². The van der Waals surface area contributed by atoms with Crippen molar-refractivity contribution in [3.05, 3.63) is 102 Å². The number of carbonyl (C=O) groups is 2. The van der Waals surface area contributed by atoms with Crippen molar-refractivity contribution in [2.24, 2.45) is 0 Å². The second-order valence-electron chi connectivity index (χ2n) is 7.80. The van der Waals surface area contributed by atoms with Gasteiger partial charge in [-0.05, 0) is 37.2 Å². The second kappa shape index (κ2) is 10.5. The van der Waals surface area contributed by atoms with E-state index in [2.05, 4.69) is 29.6 Å². The maximum absolute atomic E-state index is 12.9. The van der Waals surface area contributed by atoms with E-state index in [1.165, 1.54) is 4.90 Å². The molecule has 0 aliphatic rings. The van der Waals surface area contributed by atoms with E-state index >= 15 is 0 Å². The van der Waals surface area contributed by atoms with Crippen molar-refractivity contribution in [1.29, 1.82) is 0 Å². The lowest BCUT2D eigenvalue weighted by Gasteiger charge is -2.30. The molecule has 1 N–H and O–H groups in total. The maximum Gasteiger partial charge on any atom is 0.243 e. The molecule has 0 spiro atoms. The summed E-state index contributed by atoms with van der Waals surface area (Å²) in [7, 11) is 3.59. The third-order valence-electron chi connectivity index (χ3n) is 5.20. The Morgan fingerprint density at radius 2 is 1.29 bits per heavy atom. The van der Waals surface area contributed by atoms with Gasteiger partial charge in [-0.15, -0.1) is 0 Å². The Morgan fingerprint density at radius 1 is 0.774 bits per heavy atom. The number of hydrogen-bond donors (Lipinski definition) is 1. The fourth-order valence-electron chi connectivity index (χ4n) is 3.54. The van der Waals surface area contributed by atoms with Crippen LogP contribution in [-0.4, -0.2) is 48.8 Å². The van der Waals surface area contributed by atoms with E-state index in [4.69, 9.17) is 0 Å². The molecule has 0 fully saturated rings. The van der Waals surface area contributed by atoms with Gasteiger partial charge in [-0.1, -0.05) is 78.4 Å².